The lowest BCUT2D eigenvalue weighted by Crippen LogP contribution is -2.35. The molecular weight excluding hydrogens is 238 g/mol. The summed E-state index contributed by atoms with van der Waals surface area (Å²) in [6.07, 6.45) is 4.37. The molecule has 1 amide bonds. The van der Waals surface area contributed by atoms with Gasteiger partial charge in [-0.3, -0.25) is 9.78 Å². The number of para-hydroxylation sites is 1. The second-order valence-corrected chi connectivity index (χ2v) is 4.65. The highest BCUT2D eigenvalue weighted by molar-refractivity contribution is 5.96. The van der Waals surface area contributed by atoms with Crippen molar-refractivity contribution in [3.8, 4) is 0 Å². The number of hydrogen-bond donors (Lipinski definition) is 2. The summed E-state index contributed by atoms with van der Waals surface area (Å²) in [5.41, 5.74) is 7.43. The number of benzene rings is 1. The van der Waals surface area contributed by atoms with Crippen LogP contribution in [0.5, 0.6) is 0 Å². The molecular formula is C15H19N3O. The van der Waals surface area contributed by atoms with Crippen LogP contribution in [0.4, 0.5) is 5.69 Å². The highest BCUT2D eigenvalue weighted by atomic mass is 16.2. The van der Waals surface area contributed by atoms with E-state index >= 15 is 0 Å². The number of nitrogens with one attached hydrogen (secondary N) is 1. The monoisotopic (exact) mass is 257 g/mol. The van der Waals surface area contributed by atoms with E-state index in [9.17, 15) is 4.79 Å². The number of nitrogens with zero attached hydrogens (tertiary/aromatic N) is 1. The van der Waals surface area contributed by atoms with Crippen LogP contribution in [0.2, 0.25) is 0 Å². The molecule has 0 saturated carbocycles. The van der Waals surface area contributed by atoms with Gasteiger partial charge in [0.2, 0.25) is 5.91 Å². The fourth-order valence-corrected chi connectivity index (χ4v) is 1.93. The van der Waals surface area contributed by atoms with Crippen molar-refractivity contribution in [2.24, 2.45) is 5.73 Å². The molecule has 1 aromatic carbocycles. The van der Waals surface area contributed by atoms with E-state index in [0.717, 1.165) is 23.7 Å². The van der Waals surface area contributed by atoms with Crippen LogP contribution in [-0.4, -0.2) is 16.9 Å². The second-order valence-electron chi connectivity index (χ2n) is 4.65. The Hall–Kier alpha value is -1.94. The first-order chi connectivity index (χ1) is 9.20. The van der Waals surface area contributed by atoms with Crippen molar-refractivity contribution >= 4 is 22.5 Å². The third kappa shape index (κ3) is 3.51. The van der Waals surface area contributed by atoms with Crippen LogP contribution >= 0.6 is 0 Å². The van der Waals surface area contributed by atoms with Gasteiger partial charge < -0.3 is 11.1 Å². The average Bonchev–Trinajstić information content (AvgIpc) is 2.44. The minimum absolute atomic E-state index is 0.148. The predicted octanol–water partition coefficient (Wildman–Crippen LogP) is 2.69. The van der Waals surface area contributed by atoms with E-state index in [1.54, 1.807) is 6.20 Å². The standard InChI is InChI=1S/C15H19N3O/c1-2-3-7-13(16)15(19)18-12-9-11-6-4-5-8-14(11)17-10-12/h4-6,8-10,13H,2-3,7,16H2,1H3,(H,18,19). The third-order valence-electron chi connectivity index (χ3n) is 3.06. The SMILES string of the molecule is CCCCC(N)C(=O)Nc1cnc2ccccc2c1. The molecule has 0 aliphatic rings. The summed E-state index contributed by atoms with van der Waals surface area (Å²) in [5, 5.41) is 3.82. The van der Waals surface area contributed by atoms with Crippen LogP contribution in [0, 0.1) is 0 Å². The number of rotatable bonds is 5. The van der Waals surface area contributed by atoms with Crippen LogP contribution < -0.4 is 11.1 Å². The molecule has 0 spiro atoms. The molecule has 4 heteroatoms. The fourth-order valence-electron chi connectivity index (χ4n) is 1.93. The maximum absolute atomic E-state index is 11.9. The molecule has 0 aliphatic carbocycles. The number of pyridine rings is 1. The third-order valence-corrected chi connectivity index (χ3v) is 3.06. The van der Waals surface area contributed by atoms with E-state index in [0.29, 0.717) is 12.1 Å². The molecule has 2 aromatic rings. The first-order valence-electron chi connectivity index (χ1n) is 6.62. The Bertz CT molecular complexity index is 568. The van der Waals surface area contributed by atoms with Crippen molar-refractivity contribution in [1.82, 2.24) is 4.98 Å². The quantitative estimate of drug-likeness (QED) is 0.865. The van der Waals surface area contributed by atoms with Crippen molar-refractivity contribution in [3.05, 3.63) is 36.5 Å². The lowest BCUT2D eigenvalue weighted by atomic mass is 10.1. The summed E-state index contributed by atoms with van der Waals surface area (Å²) < 4.78 is 0. The number of fused-ring (bicyclic) bond motifs is 1. The van der Waals surface area contributed by atoms with Gasteiger partial charge >= 0.3 is 0 Å². The van der Waals surface area contributed by atoms with E-state index in [-0.39, 0.29) is 5.91 Å². The number of anilines is 1. The van der Waals surface area contributed by atoms with Gasteiger partial charge in [0, 0.05) is 5.39 Å². The normalized spacial score (nSPS) is 12.3. The van der Waals surface area contributed by atoms with Crippen LogP contribution in [0.3, 0.4) is 0 Å². The van der Waals surface area contributed by atoms with Gasteiger partial charge in [-0.05, 0) is 18.6 Å². The van der Waals surface area contributed by atoms with Crippen LogP contribution in [0.25, 0.3) is 10.9 Å². The molecule has 19 heavy (non-hydrogen) atoms. The summed E-state index contributed by atoms with van der Waals surface area (Å²) in [6.45, 7) is 2.08. The van der Waals surface area contributed by atoms with Gasteiger partial charge in [0.25, 0.3) is 0 Å². The van der Waals surface area contributed by atoms with Crippen molar-refractivity contribution in [3.63, 3.8) is 0 Å². The van der Waals surface area contributed by atoms with Crippen LogP contribution in [0.1, 0.15) is 26.2 Å². The number of hydrogen-bond acceptors (Lipinski definition) is 3. The molecule has 1 aromatic heterocycles. The van der Waals surface area contributed by atoms with Crippen molar-refractivity contribution in [1.29, 1.82) is 0 Å². The van der Waals surface area contributed by atoms with E-state index in [1.165, 1.54) is 0 Å². The summed E-state index contributed by atoms with van der Waals surface area (Å²) >= 11 is 0. The molecule has 1 heterocycles. The molecule has 3 N–H and O–H groups in total. The zero-order valence-electron chi connectivity index (χ0n) is 11.1. The zero-order valence-corrected chi connectivity index (χ0v) is 11.1. The summed E-state index contributed by atoms with van der Waals surface area (Å²) in [6, 6.07) is 9.25. The zero-order chi connectivity index (χ0) is 13.7. The smallest absolute Gasteiger partial charge is 0.241 e. The molecule has 0 aliphatic heterocycles. The lowest BCUT2D eigenvalue weighted by Gasteiger charge is -2.11. The summed E-state index contributed by atoms with van der Waals surface area (Å²) in [4.78, 5) is 16.2. The highest BCUT2D eigenvalue weighted by Gasteiger charge is 2.12. The van der Waals surface area contributed by atoms with Gasteiger partial charge in [-0.1, -0.05) is 38.0 Å². The largest absolute Gasteiger partial charge is 0.323 e. The minimum atomic E-state index is -0.452. The van der Waals surface area contributed by atoms with Gasteiger partial charge in [0.1, 0.15) is 0 Å². The predicted molar refractivity (Wildman–Crippen MR) is 77.9 cm³/mol. The molecule has 4 nitrogen and oxygen atoms in total. The number of carbonyl (C=O) groups is 1. The highest BCUT2D eigenvalue weighted by Crippen LogP contribution is 2.16. The average molecular weight is 257 g/mol. The van der Waals surface area contributed by atoms with Crippen LogP contribution in [-0.2, 0) is 4.79 Å². The van der Waals surface area contributed by atoms with Crippen LogP contribution in [0.15, 0.2) is 36.5 Å². The number of amides is 1. The molecule has 0 radical (unpaired) electrons. The van der Waals surface area contributed by atoms with Gasteiger partial charge in [-0.2, -0.15) is 0 Å². The first-order valence-corrected chi connectivity index (χ1v) is 6.62. The molecule has 1 unspecified atom stereocenters. The van der Waals surface area contributed by atoms with Gasteiger partial charge in [0.15, 0.2) is 0 Å². The number of carbonyl (C=O) groups excluding carboxylic acids is 1. The number of unbranched alkanes of at least 4 members (excludes halogenated alkanes) is 1. The number of aromatic nitrogens is 1. The van der Waals surface area contributed by atoms with Crippen molar-refractivity contribution in [2.75, 3.05) is 5.32 Å². The van der Waals surface area contributed by atoms with Gasteiger partial charge in [-0.25, -0.2) is 0 Å². The number of nitrogens with two attached hydrogens (primary N) is 1. The molecule has 0 saturated heterocycles. The summed E-state index contributed by atoms with van der Waals surface area (Å²) in [7, 11) is 0. The van der Waals surface area contributed by atoms with E-state index in [1.807, 2.05) is 30.3 Å². The molecule has 0 fully saturated rings. The first kappa shape index (κ1) is 13.5. The van der Waals surface area contributed by atoms with Gasteiger partial charge in [-0.15, -0.1) is 0 Å². The Balaban J connectivity index is 2.06. The second kappa shape index (κ2) is 6.29. The lowest BCUT2D eigenvalue weighted by molar-refractivity contribution is -0.117. The maximum Gasteiger partial charge on any atom is 0.241 e. The van der Waals surface area contributed by atoms with E-state index in [2.05, 4.69) is 17.2 Å². The Morgan fingerprint density at radius 3 is 3.00 bits per heavy atom. The Labute approximate surface area is 113 Å². The fraction of sp³-hybridized carbons (Fsp3) is 0.333. The minimum Gasteiger partial charge on any atom is -0.323 e. The Kier molecular flexibility index (Phi) is 4.47. The molecule has 1 atom stereocenters. The summed E-state index contributed by atoms with van der Waals surface area (Å²) in [5.74, 6) is -0.148. The molecule has 0 bridgehead atoms. The van der Waals surface area contributed by atoms with Crippen molar-refractivity contribution < 1.29 is 4.79 Å². The Morgan fingerprint density at radius 1 is 1.42 bits per heavy atom. The molecule has 2 rings (SSSR count). The van der Waals surface area contributed by atoms with E-state index < -0.39 is 6.04 Å². The van der Waals surface area contributed by atoms with E-state index in [4.69, 9.17) is 5.73 Å². The molecule has 100 valence electrons. The van der Waals surface area contributed by atoms with Crippen molar-refractivity contribution in [2.45, 2.75) is 32.2 Å². The Morgan fingerprint density at radius 2 is 2.21 bits per heavy atom. The maximum atomic E-state index is 11.9. The topological polar surface area (TPSA) is 68.0 Å². The van der Waals surface area contributed by atoms with Gasteiger partial charge in [0.05, 0.1) is 23.4 Å².